The zero-order chi connectivity index (χ0) is 34.9. The van der Waals surface area contributed by atoms with Crippen molar-refractivity contribution >= 4 is 54.7 Å². The summed E-state index contributed by atoms with van der Waals surface area (Å²) in [4.78, 5) is 12.3. The number of fused-ring (bicyclic) bond motifs is 2. The molecule has 5 heterocycles. The summed E-state index contributed by atoms with van der Waals surface area (Å²) in [6, 6.07) is 2.70. The lowest BCUT2D eigenvalue weighted by atomic mass is 9.93. The highest BCUT2D eigenvalue weighted by Gasteiger charge is 2.49. The van der Waals surface area contributed by atoms with Crippen LogP contribution in [0.15, 0.2) is 23.8 Å². The Hall–Kier alpha value is -3.67. The summed E-state index contributed by atoms with van der Waals surface area (Å²) in [5, 5.41) is 10.00. The van der Waals surface area contributed by atoms with Crippen molar-refractivity contribution in [1.82, 2.24) is 14.9 Å². The number of hydrogen-bond acceptors (Lipinski definition) is 7. The van der Waals surface area contributed by atoms with Gasteiger partial charge in [-0.05, 0) is 55.8 Å². The molecule has 2 saturated heterocycles. The van der Waals surface area contributed by atoms with E-state index in [9.17, 15) is 31.6 Å². The fourth-order valence-electron chi connectivity index (χ4n) is 7.48. The highest BCUT2D eigenvalue weighted by molar-refractivity contribution is 7.23. The van der Waals surface area contributed by atoms with Gasteiger partial charge in [-0.1, -0.05) is 24.6 Å². The molecule has 4 atom stereocenters. The average molecular weight is 723 g/mol. The molecule has 1 saturated carbocycles. The Bertz CT molecular complexity index is 2040. The Morgan fingerprint density at radius 2 is 1.94 bits per heavy atom. The number of anilines is 2. The van der Waals surface area contributed by atoms with E-state index in [4.69, 9.17) is 17.3 Å². The van der Waals surface area contributed by atoms with Gasteiger partial charge >= 0.3 is 0 Å². The minimum absolute atomic E-state index is 0.00906. The number of hydrogen-bond donors (Lipinski definition) is 1. The van der Waals surface area contributed by atoms with Gasteiger partial charge in [0, 0.05) is 42.0 Å². The average Bonchev–Trinajstić information content (AvgIpc) is 3.34. The number of thiophene rings is 1. The maximum atomic E-state index is 16.5. The summed E-state index contributed by atoms with van der Waals surface area (Å²) in [7, 11) is 0. The molecule has 1 aliphatic carbocycles. The first-order chi connectivity index (χ1) is 23.4. The third-order valence-corrected chi connectivity index (χ3v) is 11.4. The van der Waals surface area contributed by atoms with E-state index in [2.05, 4.69) is 14.9 Å². The number of aryl methyl sites for hydroxylation is 2. The van der Waals surface area contributed by atoms with Crippen molar-refractivity contribution in [2.24, 2.45) is 0 Å². The number of benzene rings is 2. The number of halogens is 8. The molecule has 0 amide bonds. The van der Waals surface area contributed by atoms with E-state index in [0.29, 0.717) is 30.1 Å². The number of aromatic nitrogens is 2. The van der Waals surface area contributed by atoms with Crippen molar-refractivity contribution < 1.29 is 30.7 Å². The highest BCUT2D eigenvalue weighted by atomic mass is 35.5. The van der Waals surface area contributed by atoms with Crippen LogP contribution in [0.25, 0.3) is 32.1 Å². The van der Waals surface area contributed by atoms with Gasteiger partial charge in [-0.15, -0.1) is 11.3 Å². The van der Waals surface area contributed by atoms with Crippen LogP contribution in [-0.4, -0.2) is 58.7 Å². The number of nitrogens with zero attached hydrogens (tertiary/aromatic N) is 5. The smallest absolute Gasteiger partial charge is 0.270 e. The SMILES string of the molecule is CCc1nc2c3c(c(Cl)c(-c4ccc(F)c5sc(N)c(C#N)c45)c(F)c3n1)CCC(C(F)F)N2C1CC1F.FC(F)=C1CC2CCCN2C1. The third-order valence-electron chi connectivity index (χ3n) is 9.93. The van der Waals surface area contributed by atoms with Gasteiger partial charge in [0.1, 0.15) is 40.2 Å². The first-order valence-corrected chi connectivity index (χ1v) is 17.2. The summed E-state index contributed by atoms with van der Waals surface area (Å²) < 4.78 is 98.3. The fourth-order valence-corrected chi connectivity index (χ4v) is 8.80. The third kappa shape index (κ3) is 5.67. The van der Waals surface area contributed by atoms with E-state index in [1.54, 1.807) is 6.92 Å². The lowest BCUT2D eigenvalue weighted by molar-refractivity contribution is 0.106. The number of alkyl halides is 3. The van der Waals surface area contributed by atoms with Crippen molar-refractivity contribution in [3.05, 3.63) is 57.4 Å². The van der Waals surface area contributed by atoms with Crippen molar-refractivity contribution in [2.45, 2.75) is 82.6 Å². The molecule has 49 heavy (non-hydrogen) atoms. The Morgan fingerprint density at radius 3 is 2.57 bits per heavy atom. The van der Waals surface area contributed by atoms with Crippen LogP contribution in [0.1, 0.15) is 56.0 Å². The maximum absolute atomic E-state index is 16.5. The molecule has 0 bridgehead atoms. The van der Waals surface area contributed by atoms with Gasteiger partial charge in [0.25, 0.3) is 12.5 Å². The molecule has 2 aromatic carbocycles. The molecule has 3 aliphatic heterocycles. The van der Waals surface area contributed by atoms with E-state index in [1.807, 2.05) is 6.07 Å². The highest BCUT2D eigenvalue weighted by Crippen LogP contribution is 2.50. The number of nitriles is 1. The molecule has 4 aromatic rings. The molecule has 2 N–H and O–H groups in total. The molecule has 3 fully saturated rings. The Labute approximate surface area is 286 Å². The Balaban J connectivity index is 0.000000290. The van der Waals surface area contributed by atoms with E-state index < -0.39 is 42.4 Å². The normalized spacial score (nSPS) is 23.1. The summed E-state index contributed by atoms with van der Waals surface area (Å²) >= 11 is 7.71. The van der Waals surface area contributed by atoms with Gasteiger partial charge in [0.15, 0.2) is 5.82 Å². The number of nitrogen functional groups attached to an aromatic ring is 1. The lowest BCUT2D eigenvalue weighted by Gasteiger charge is -2.31. The minimum atomic E-state index is -2.81. The summed E-state index contributed by atoms with van der Waals surface area (Å²) in [5.74, 6) is -1.25. The second-order valence-electron chi connectivity index (χ2n) is 12.8. The first-order valence-electron chi connectivity index (χ1n) is 16.0. The number of rotatable bonds is 4. The first kappa shape index (κ1) is 33.8. The fraction of sp³-hybridized carbons (Fsp3) is 0.441. The zero-order valence-corrected chi connectivity index (χ0v) is 27.7. The molecule has 4 aliphatic rings. The lowest BCUT2D eigenvalue weighted by Crippen LogP contribution is -2.43. The van der Waals surface area contributed by atoms with Crippen LogP contribution in [0, 0.1) is 23.0 Å². The quantitative estimate of drug-likeness (QED) is 0.212. The number of nitrogens with two attached hydrogens (primary N) is 1. The van der Waals surface area contributed by atoms with E-state index >= 15 is 4.39 Å². The summed E-state index contributed by atoms with van der Waals surface area (Å²) in [6.07, 6.45) is -2.35. The molecule has 2 aromatic heterocycles. The predicted octanol–water partition coefficient (Wildman–Crippen LogP) is 8.96. The van der Waals surface area contributed by atoms with E-state index in [0.717, 1.165) is 30.4 Å². The van der Waals surface area contributed by atoms with Gasteiger partial charge < -0.3 is 10.6 Å². The monoisotopic (exact) mass is 722 g/mol. The Morgan fingerprint density at radius 1 is 1.18 bits per heavy atom. The van der Waals surface area contributed by atoms with Gasteiger partial charge in [0.05, 0.1) is 32.8 Å². The molecule has 4 unspecified atom stereocenters. The molecule has 8 rings (SSSR count). The van der Waals surface area contributed by atoms with Crippen molar-refractivity contribution in [1.29, 1.82) is 5.26 Å². The van der Waals surface area contributed by atoms with Gasteiger partial charge in [0.2, 0.25) is 0 Å². The second kappa shape index (κ2) is 12.9. The standard InChI is InChI=1S/C26H19ClF5N5S.C8H11F2N/c1-2-16-35-22-19-10(4-6-14(24(31)32)37(26(19)36-16)15-7-13(15)29)20(27)18(21(22)30)9-3-5-12(28)23-17(9)11(8-33)25(34)38-23;9-8(10)6-4-7-2-1-3-11(7)5-6/h3,5,13-15,24H,2,4,6-7,34H2,1H3;7H,1-5H2. The van der Waals surface area contributed by atoms with Gasteiger partial charge in [-0.25, -0.2) is 31.9 Å². The topological polar surface area (TPSA) is 82.1 Å². The van der Waals surface area contributed by atoms with Crippen molar-refractivity contribution in [2.75, 3.05) is 23.7 Å². The molecule has 6 nitrogen and oxygen atoms in total. The largest absolute Gasteiger partial charge is 0.389 e. The molecule has 15 heteroatoms. The van der Waals surface area contributed by atoms with E-state index in [-0.39, 0.29) is 85.0 Å². The molecule has 0 spiro atoms. The van der Waals surface area contributed by atoms with Crippen molar-refractivity contribution in [3.63, 3.8) is 0 Å². The van der Waals surface area contributed by atoms with Crippen LogP contribution >= 0.6 is 22.9 Å². The Kier molecular flexibility index (Phi) is 8.90. The zero-order valence-electron chi connectivity index (χ0n) is 26.2. The molecular weight excluding hydrogens is 693 g/mol. The van der Waals surface area contributed by atoms with E-state index in [1.165, 1.54) is 17.4 Å². The summed E-state index contributed by atoms with van der Waals surface area (Å²) in [5.41, 5.74) is 6.55. The van der Waals surface area contributed by atoms with Crippen LogP contribution in [0.5, 0.6) is 0 Å². The van der Waals surface area contributed by atoms with Crippen LogP contribution in [-0.2, 0) is 12.8 Å². The predicted molar refractivity (Wildman–Crippen MR) is 176 cm³/mol. The molecular formula is C34H30ClF7N6S. The maximum Gasteiger partial charge on any atom is 0.270 e. The van der Waals surface area contributed by atoms with Gasteiger partial charge in [-0.2, -0.15) is 14.0 Å². The minimum Gasteiger partial charge on any atom is -0.389 e. The molecule has 258 valence electrons. The molecule has 0 radical (unpaired) electrons. The van der Waals surface area contributed by atoms with Crippen LogP contribution in [0.2, 0.25) is 5.02 Å². The van der Waals surface area contributed by atoms with Crippen LogP contribution in [0.4, 0.5) is 41.6 Å². The van der Waals surface area contributed by atoms with Crippen LogP contribution in [0.3, 0.4) is 0 Å². The van der Waals surface area contributed by atoms with Crippen molar-refractivity contribution in [3.8, 4) is 17.2 Å². The van der Waals surface area contributed by atoms with Crippen LogP contribution < -0.4 is 10.6 Å². The van der Waals surface area contributed by atoms with Gasteiger partial charge in [-0.3, -0.25) is 4.90 Å². The second-order valence-corrected chi connectivity index (χ2v) is 14.2. The summed E-state index contributed by atoms with van der Waals surface area (Å²) in [6.45, 7) is 3.27.